The van der Waals surface area contributed by atoms with Crippen LogP contribution < -0.4 is 0 Å². The molecule has 0 fully saturated rings. The van der Waals surface area contributed by atoms with Crippen molar-refractivity contribution in [2.45, 2.75) is 19.1 Å². The quantitative estimate of drug-likeness (QED) is 0.688. The van der Waals surface area contributed by atoms with Gasteiger partial charge in [0, 0.05) is 30.1 Å². The van der Waals surface area contributed by atoms with E-state index in [9.17, 15) is 18.0 Å². The molecule has 0 unspecified atom stereocenters. The number of nitrogens with one attached hydrogen (secondary N) is 1. The molecule has 1 aromatic carbocycles. The van der Waals surface area contributed by atoms with Gasteiger partial charge in [0.15, 0.2) is 0 Å². The number of H-pyrrole nitrogens is 1. The molecule has 144 valence electrons. The Bertz CT molecular complexity index is 1030. The van der Waals surface area contributed by atoms with E-state index < -0.39 is 22.7 Å². The van der Waals surface area contributed by atoms with Crippen molar-refractivity contribution in [3.63, 3.8) is 0 Å². The van der Waals surface area contributed by atoms with Gasteiger partial charge in [-0.2, -0.15) is 18.3 Å². The molecular weight excluding hydrogens is 393 g/mol. The lowest BCUT2D eigenvalue weighted by Crippen LogP contribution is -2.36. The summed E-state index contributed by atoms with van der Waals surface area (Å²) < 4.78 is 39.2. The average molecular weight is 407 g/mol. The summed E-state index contributed by atoms with van der Waals surface area (Å²) in [5.41, 5.74) is 2.21. The molecule has 0 bridgehead atoms. The van der Waals surface area contributed by atoms with Crippen molar-refractivity contribution in [3.05, 3.63) is 70.1 Å². The van der Waals surface area contributed by atoms with Gasteiger partial charge < -0.3 is 4.90 Å². The lowest BCUT2D eigenvalue weighted by Gasteiger charge is -2.27. The maximum Gasteiger partial charge on any atom is 0.417 e. The number of carbonyl (C=O) groups excluding carboxylic acids is 1. The van der Waals surface area contributed by atoms with Crippen LogP contribution >= 0.6 is 11.6 Å². The fraction of sp³-hybridized carbons (Fsp3) is 0.211. The Kier molecular flexibility index (Phi) is 4.58. The summed E-state index contributed by atoms with van der Waals surface area (Å²) in [6.45, 7) is 0.544. The van der Waals surface area contributed by atoms with E-state index in [0.29, 0.717) is 18.7 Å². The summed E-state index contributed by atoms with van der Waals surface area (Å²) in [5.74, 6) is -0.548. The SMILES string of the molecule is O=C(c1cccc(C(F)(F)F)c1Cl)N1CCc2c(n[nH]c2-c2cccnc2)C1. The summed E-state index contributed by atoms with van der Waals surface area (Å²) >= 11 is 5.90. The van der Waals surface area contributed by atoms with Crippen molar-refractivity contribution in [3.8, 4) is 11.3 Å². The first kappa shape index (κ1) is 18.5. The van der Waals surface area contributed by atoms with E-state index in [2.05, 4.69) is 15.2 Å². The standard InChI is InChI=1S/C19H14ClF3N4O/c20-16-13(4-1-5-14(16)19(21,22)23)18(28)27-8-6-12-15(10-27)25-26-17(12)11-3-2-7-24-9-11/h1-5,7,9H,6,8,10H2,(H,25,26). The number of hydrogen-bond acceptors (Lipinski definition) is 3. The molecule has 28 heavy (non-hydrogen) atoms. The number of nitrogens with zero attached hydrogens (tertiary/aromatic N) is 3. The Morgan fingerprint density at radius 3 is 2.75 bits per heavy atom. The Morgan fingerprint density at radius 2 is 2.04 bits per heavy atom. The van der Waals surface area contributed by atoms with E-state index in [1.807, 2.05) is 12.1 Å². The van der Waals surface area contributed by atoms with Gasteiger partial charge in [0.25, 0.3) is 5.91 Å². The number of rotatable bonds is 2. The lowest BCUT2D eigenvalue weighted by atomic mass is 10.00. The molecule has 1 amide bonds. The van der Waals surface area contributed by atoms with Crippen molar-refractivity contribution in [2.24, 2.45) is 0 Å². The Labute approximate surface area is 163 Å². The predicted octanol–water partition coefficient (Wildman–Crippen LogP) is 4.34. The van der Waals surface area contributed by atoms with Gasteiger partial charge in [-0.05, 0) is 30.7 Å². The third-order valence-electron chi connectivity index (χ3n) is 4.70. The number of pyridine rings is 1. The first-order valence-corrected chi connectivity index (χ1v) is 8.85. The maximum atomic E-state index is 13.1. The molecule has 1 aliphatic heterocycles. The van der Waals surface area contributed by atoms with E-state index in [1.165, 1.54) is 17.0 Å². The number of aromatic nitrogens is 3. The highest BCUT2D eigenvalue weighted by Crippen LogP contribution is 2.37. The Balaban J connectivity index is 1.61. The van der Waals surface area contributed by atoms with Gasteiger partial charge >= 0.3 is 6.18 Å². The molecule has 1 aliphatic rings. The first-order valence-electron chi connectivity index (χ1n) is 8.47. The molecule has 0 saturated heterocycles. The van der Waals surface area contributed by atoms with Gasteiger partial charge in [-0.1, -0.05) is 17.7 Å². The molecule has 3 heterocycles. The van der Waals surface area contributed by atoms with Crippen LogP contribution in [0.2, 0.25) is 5.02 Å². The van der Waals surface area contributed by atoms with Crippen LogP contribution in [0.1, 0.15) is 27.2 Å². The summed E-state index contributed by atoms with van der Waals surface area (Å²) in [5, 5.41) is 6.67. The van der Waals surface area contributed by atoms with Crippen LogP contribution in [0.3, 0.4) is 0 Å². The number of hydrogen-bond donors (Lipinski definition) is 1. The molecule has 0 atom stereocenters. The van der Waals surface area contributed by atoms with E-state index in [4.69, 9.17) is 11.6 Å². The summed E-state index contributed by atoms with van der Waals surface area (Å²) in [6, 6.07) is 7.08. The number of alkyl halides is 3. The lowest BCUT2D eigenvalue weighted by molar-refractivity contribution is -0.137. The van der Waals surface area contributed by atoms with Crippen LogP contribution in [0.5, 0.6) is 0 Å². The van der Waals surface area contributed by atoms with Gasteiger partial charge in [0.2, 0.25) is 0 Å². The third kappa shape index (κ3) is 3.24. The topological polar surface area (TPSA) is 61.9 Å². The second kappa shape index (κ2) is 6.94. The minimum absolute atomic E-state index is 0.164. The van der Waals surface area contributed by atoms with Crippen LogP contribution in [0, 0.1) is 0 Å². The van der Waals surface area contributed by atoms with Crippen molar-refractivity contribution >= 4 is 17.5 Å². The zero-order chi connectivity index (χ0) is 19.9. The van der Waals surface area contributed by atoms with Crippen molar-refractivity contribution in [1.82, 2.24) is 20.1 Å². The van der Waals surface area contributed by atoms with E-state index in [0.717, 1.165) is 22.9 Å². The van der Waals surface area contributed by atoms with E-state index in [-0.39, 0.29) is 12.1 Å². The highest BCUT2D eigenvalue weighted by molar-refractivity contribution is 6.34. The summed E-state index contributed by atoms with van der Waals surface area (Å²) in [6.07, 6.45) is -0.707. The Hall–Kier alpha value is -2.87. The largest absolute Gasteiger partial charge is 0.417 e. The Morgan fingerprint density at radius 1 is 1.21 bits per heavy atom. The van der Waals surface area contributed by atoms with E-state index >= 15 is 0 Å². The minimum Gasteiger partial charge on any atom is -0.332 e. The van der Waals surface area contributed by atoms with Gasteiger partial charge in [-0.3, -0.25) is 14.9 Å². The van der Waals surface area contributed by atoms with Crippen LogP contribution in [-0.2, 0) is 19.1 Å². The monoisotopic (exact) mass is 406 g/mol. The molecule has 0 aliphatic carbocycles. The van der Waals surface area contributed by atoms with Gasteiger partial charge in [0.05, 0.1) is 34.1 Å². The van der Waals surface area contributed by atoms with Crippen LogP contribution in [0.25, 0.3) is 11.3 Å². The molecule has 9 heteroatoms. The average Bonchev–Trinajstić information content (AvgIpc) is 3.10. The number of carbonyl (C=O) groups is 1. The molecule has 4 rings (SSSR count). The van der Waals surface area contributed by atoms with E-state index in [1.54, 1.807) is 12.4 Å². The highest BCUT2D eigenvalue weighted by Gasteiger charge is 2.36. The highest BCUT2D eigenvalue weighted by atomic mass is 35.5. The molecule has 0 saturated carbocycles. The molecule has 2 aromatic heterocycles. The molecule has 0 spiro atoms. The summed E-state index contributed by atoms with van der Waals surface area (Å²) in [7, 11) is 0. The van der Waals surface area contributed by atoms with Gasteiger partial charge in [-0.25, -0.2) is 0 Å². The smallest absolute Gasteiger partial charge is 0.332 e. The fourth-order valence-corrected chi connectivity index (χ4v) is 3.63. The molecule has 5 nitrogen and oxygen atoms in total. The molecule has 3 aromatic rings. The summed E-state index contributed by atoms with van der Waals surface area (Å²) in [4.78, 5) is 18.4. The number of halogens is 4. The second-order valence-corrected chi connectivity index (χ2v) is 6.79. The number of amides is 1. The first-order chi connectivity index (χ1) is 13.4. The van der Waals surface area contributed by atoms with Crippen molar-refractivity contribution in [1.29, 1.82) is 0 Å². The second-order valence-electron chi connectivity index (χ2n) is 6.41. The zero-order valence-electron chi connectivity index (χ0n) is 14.4. The molecule has 0 radical (unpaired) electrons. The maximum absolute atomic E-state index is 13.1. The number of aromatic amines is 1. The zero-order valence-corrected chi connectivity index (χ0v) is 15.2. The fourth-order valence-electron chi connectivity index (χ4n) is 3.32. The molecule has 1 N–H and O–H groups in total. The molecular formula is C19H14ClF3N4O. The minimum atomic E-state index is -4.62. The predicted molar refractivity (Wildman–Crippen MR) is 96.7 cm³/mol. The number of benzene rings is 1. The number of fused-ring (bicyclic) bond motifs is 1. The third-order valence-corrected chi connectivity index (χ3v) is 5.10. The normalized spacial score (nSPS) is 14.1. The van der Waals surface area contributed by atoms with Gasteiger partial charge in [-0.15, -0.1) is 0 Å². The van der Waals surface area contributed by atoms with Gasteiger partial charge in [0.1, 0.15) is 0 Å². The van der Waals surface area contributed by atoms with Crippen LogP contribution in [0.15, 0.2) is 42.7 Å². The van der Waals surface area contributed by atoms with Crippen molar-refractivity contribution < 1.29 is 18.0 Å². The van der Waals surface area contributed by atoms with Crippen LogP contribution in [0.4, 0.5) is 13.2 Å². The van der Waals surface area contributed by atoms with Crippen molar-refractivity contribution in [2.75, 3.05) is 6.54 Å². The van der Waals surface area contributed by atoms with Crippen LogP contribution in [-0.4, -0.2) is 32.5 Å².